The maximum atomic E-state index is 9.24. The Balaban J connectivity index is 2.00. The molecule has 23 heavy (non-hydrogen) atoms. The Hall–Kier alpha value is -2.71. The minimum absolute atomic E-state index is 0.446. The van der Waals surface area contributed by atoms with Crippen molar-refractivity contribution in [1.82, 2.24) is 4.98 Å². The average molecular weight is 321 g/mol. The first-order valence-corrected chi connectivity index (χ1v) is 7.50. The molecule has 0 saturated heterocycles. The van der Waals surface area contributed by atoms with Crippen LogP contribution in [0, 0.1) is 11.3 Å². The van der Waals surface area contributed by atoms with Crippen LogP contribution in [-0.4, -0.2) is 19.1 Å². The topological polar surface area (TPSA) is 53.1 Å². The highest BCUT2D eigenvalue weighted by atomic mass is 32.1. The van der Waals surface area contributed by atoms with Crippen molar-refractivity contribution < 1.29 is 4.42 Å². The smallest absolute Gasteiger partial charge is 0.137 e. The fourth-order valence-corrected chi connectivity index (χ4v) is 2.64. The summed E-state index contributed by atoms with van der Waals surface area (Å²) in [5, 5.41) is 9.24. The van der Waals surface area contributed by atoms with Crippen molar-refractivity contribution in [2.45, 2.75) is 4.90 Å². The van der Waals surface area contributed by atoms with Crippen molar-refractivity contribution in [2.24, 2.45) is 0 Å². The fourth-order valence-electron chi connectivity index (χ4n) is 2.34. The van der Waals surface area contributed by atoms with E-state index in [-0.39, 0.29) is 0 Å². The second kappa shape index (κ2) is 6.19. The number of pyridine rings is 1. The Bertz CT molecular complexity index is 876. The second-order valence-corrected chi connectivity index (χ2v) is 5.78. The van der Waals surface area contributed by atoms with Gasteiger partial charge in [-0.15, -0.1) is 12.6 Å². The van der Waals surface area contributed by atoms with Gasteiger partial charge in [-0.3, -0.25) is 4.98 Å². The molecule has 0 amide bonds. The Labute approximate surface area is 140 Å². The lowest BCUT2D eigenvalue weighted by Gasteiger charge is -2.12. The lowest BCUT2D eigenvalue weighted by Crippen LogP contribution is -2.07. The van der Waals surface area contributed by atoms with Crippen molar-refractivity contribution in [3.05, 3.63) is 54.4 Å². The minimum atomic E-state index is 0.446. The summed E-state index contributed by atoms with van der Waals surface area (Å²) in [7, 11) is 4.00. The number of aromatic nitrogens is 1. The van der Waals surface area contributed by atoms with E-state index in [1.54, 1.807) is 6.20 Å². The molecule has 3 rings (SSSR count). The quantitative estimate of drug-likeness (QED) is 0.733. The third kappa shape index (κ3) is 2.94. The van der Waals surface area contributed by atoms with Crippen LogP contribution in [0.1, 0.15) is 5.56 Å². The number of anilines is 1. The van der Waals surface area contributed by atoms with E-state index in [1.807, 2.05) is 55.4 Å². The zero-order chi connectivity index (χ0) is 16.4. The van der Waals surface area contributed by atoms with Gasteiger partial charge in [0.1, 0.15) is 17.6 Å². The molecule has 0 bridgehead atoms. The molecule has 0 unspecified atom stereocenters. The molecule has 5 heteroatoms. The lowest BCUT2D eigenvalue weighted by molar-refractivity contribution is 0.595. The van der Waals surface area contributed by atoms with Crippen LogP contribution in [-0.2, 0) is 0 Å². The Morgan fingerprint density at radius 1 is 1.04 bits per heavy atom. The van der Waals surface area contributed by atoms with Crippen LogP contribution in [0.5, 0.6) is 0 Å². The van der Waals surface area contributed by atoms with E-state index in [9.17, 15) is 5.26 Å². The molecule has 114 valence electrons. The summed E-state index contributed by atoms with van der Waals surface area (Å²) in [5.74, 6) is 1.36. The van der Waals surface area contributed by atoms with E-state index < -0.39 is 0 Å². The number of thiol groups is 1. The summed E-state index contributed by atoms with van der Waals surface area (Å²) in [4.78, 5) is 6.65. The fraction of sp³-hybridized carbons (Fsp3) is 0.111. The molecule has 0 radical (unpaired) electrons. The molecule has 2 aromatic heterocycles. The van der Waals surface area contributed by atoms with Gasteiger partial charge in [0, 0.05) is 42.6 Å². The largest absolute Gasteiger partial charge is 0.456 e. The molecular weight excluding hydrogens is 306 g/mol. The van der Waals surface area contributed by atoms with E-state index >= 15 is 0 Å². The summed E-state index contributed by atoms with van der Waals surface area (Å²) in [5.41, 5.74) is 3.22. The van der Waals surface area contributed by atoms with E-state index in [0.29, 0.717) is 21.8 Å². The molecular formula is C18H15N3OS. The standard InChI is InChI=1S/C18H15N3OS/c1-21(2)14-5-3-12(4-6-14)15-7-8-16(22-15)18-13(9-19)10-20-11-17(18)23/h3-8,10-11,23H,1-2H3. The van der Waals surface area contributed by atoms with Gasteiger partial charge in [-0.05, 0) is 36.4 Å². The van der Waals surface area contributed by atoms with Gasteiger partial charge in [0.05, 0.1) is 11.1 Å². The maximum Gasteiger partial charge on any atom is 0.137 e. The van der Waals surface area contributed by atoms with E-state index in [4.69, 9.17) is 4.42 Å². The Morgan fingerprint density at radius 2 is 1.74 bits per heavy atom. The third-order valence-electron chi connectivity index (χ3n) is 3.57. The number of furan rings is 1. The number of benzene rings is 1. The molecule has 0 spiro atoms. The van der Waals surface area contributed by atoms with Crippen molar-refractivity contribution in [1.29, 1.82) is 5.26 Å². The highest BCUT2D eigenvalue weighted by molar-refractivity contribution is 7.80. The first-order valence-electron chi connectivity index (χ1n) is 7.05. The van der Waals surface area contributed by atoms with E-state index in [0.717, 1.165) is 17.0 Å². The van der Waals surface area contributed by atoms with Crippen LogP contribution in [0.25, 0.3) is 22.6 Å². The highest BCUT2D eigenvalue weighted by Gasteiger charge is 2.14. The summed E-state index contributed by atoms with van der Waals surface area (Å²) in [6.07, 6.45) is 3.12. The molecule has 1 aromatic carbocycles. The highest BCUT2D eigenvalue weighted by Crippen LogP contribution is 2.34. The Morgan fingerprint density at radius 3 is 2.39 bits per heavy atom. The summed E-state index contributed by atoms with van der Waals surface area (Å²) >= 11 is 4.39. The van der Waals surface area contributed by atoms with Gasteiger partial charge < -0.3 is 9.32 Å². The zero-order valence-electron chi connectivity index (χ0n) is 12.8. The number of nitrogens with zero attached hydrogens (tertiary/aromatic N) is 3. The van der Waals surface area contributed by atoms with Gasteiger partial charge in [0.15, 0.2) is 0 Å². The number of hydrogen-bond donors (Lipinski definition) is 1. The SMILES string of the molecule is CN(C)c1ccc(-c2ccc(-c3c(S)cncc3C#N)o2)cc1. The minimum Gasteiger partial charge on any atom is -0.456 e. The number of rotatable bonds is 3. The molecule has 2 heterocycles. The Kier molecular flexibility index (Phi) is 4.09. The van der Waals surface area contributed by atoms with Crippen molar-refractivity contribution >= 4 is 18.3 Å². The number of hydrogen-bond acceptors (Lipinski definition) is 5. The molecule has 0 N–H and O–H groups in total. The van der Waals surface area contributed by atoms with Gasteiger partial charge in [0.2, 0.25) is 0 Å². The van der Waals surface area contributed by atoms with Crippen LogP contribution in [0.2, 0.25) is 0 Å². The van der Waals surface area contributed by atoms with Crippen LogP contribution < -0.4 is 4.90 Å². The van der Waals surface area contributed by atoms with Gasteiger partial charge in [-0.2, -0.15) is 5.26 Å². The summed E-state index contributed by atoms with van der Waals surface area (Å²) < 4.78 is 5.94. The van der Waals surface area contributed by atoms with Crippen LogP contribution >= 0.6 is 12.6 Å². The van der Waals surface area contributed by atoms with Crippen LogP contribution in [0.3, 0.4) is 0 Å². The normalized spacial score (nSPS) is 10.3. The average Bonchev–Trinajstić information content (AvgIpc) is 3.04. The van der Waals surface area contributed by atoms with Gasteiger partial charge in [-0.1, -0.05) is 0 Å². The first-order chi connectivity index (χ1) is 11.1. The molecule has 0 aliphatic heterocycles. The van der Waals surface area contributed by atoms with Crippen LogP contribution in [0.4, 0.5) is 5.69 Å². The summed E-state index contributed by atoms with van der Waals surface area (Å²) in [6, 6.07) is 14.0. The molecule has 0 fully saturated rings. The monoisotopic (exact) mass is 321 g/mol. The van der Waals surface area contributed by atoms with Crippen molar-refractivity contribution in [3.63, 3.8) is 0 Å². The van der Waals surface area contributed by atoms with Gasteiger partial charge in [-0.25, -0.2) is 0 Å². The lowest BCUT2D eigenvalue weighted by atomic mass is 10.1. The van der Waals surface area contributed by atoms with Crippen molar-refractivity contribution in [3.8, 4) is 28.7 Å². The van der Waals surface area contributed by atoms with Gasteiger partial charge in [0.25, 0.3) is 0 Å². The first kappa shape index (κ1) is 15.2. The zero-order valence-corrected chi connectivity index (χ0v) is 13.7. The predicted octanol–water partition coefficient (Wildman–Crippen LogP) is 4.23. The van der Waals surface area contributed by atoms with Crippen molar-refractivity contribution in [2.75, 3.05) is 19.0 Å². The van der Waals surface area contributed by atoms with E-state index in [2.05, 4.69) is 23.7 Å². The summed E-state index contributed by atoms with van der Waals surface area (Å²) in [6.45, 7) is 0. The predicted molar refractivity (Wildman–Crippen MR) is 93.7 cm³/mol. The second-order valence-electron chi connectivity index (χ2n) is 5.30. The van der Waals surface area contributed by atoms with Crippen LogP contribution in [0.15, 0.2) is 58.1 Å². The molecule has 4 nitrogen and oxygen atoms in total. The molecule has 0 saturated carbocycles. The molecule has 0 atom stereocenters. The number of nitriles is 1. The molecule has 0 aliphatic rings. The van der Waals surface area contributed by atoms with E-state index in [1.165, 1.54) is 6.20 Å². The molecule has 3 aromatic rings. The third-order valence-corrected chi connectivity index (χ3v) is 3.91. The maximum absolute atomic E-state index is 9.24. The molecule has 0 aliphatic carbocycles. The van der Waals surface area contributed by atoms with Gasteiger partial charge >= 0.3 is 0 Å².